The van der Waals surface area contributed by atoms with Gasteiger partial charge in [-0.3, -0.25) is 0 Å². The summed E-state index contributed by atoms with van der Waals surface area (Å²) in [7, 11) is 0. The van der Waals surface area contributed by atoms with E-state index >= 15 is 0 Å². The molecule has 6 heteroatoms. The van der Waals surface area contributed by atoms with Crippen molar-refractivity contribution in [1.82, 2.24) is 15.1 Å². The zero-order chi connectivity index (χ0) is 14.4. The van der Waals surface area contributed by atoms with Gasteiger partial charge in [-0.2, -0.15) is 13.2 Å². The van der Waals surface area contributed by atoms with Crippen LogP contribution < -0.4 is 5.32 Å². The van der Waals surface area contributed by atoms with Crippen LogP contribution in [0.15, 0.2) is 0 Å². The molecule has 118 valence electrons. The van der Waals surface area contributed by atoms with E-state index in [0.717, 1.165) is 19.6 Å². The average Bonchev–Trinajstić information content (AvgIpc) is 2.44. The number of halogens is 3. The standard InChI is InChI=1S/C14H26F3N3/c15-14(16,17)12-18-6-11-19-9-4-13(5-10-19)20-7-2-1-3-8-20/h13,18H,1-12H2. The molecule has 1 N–H and O–H groups in total. The molecule has 2 heterocycles. The fourth-order valence-electron chi connectivity index (χ4n) is 3.26. The lowest BCUT2D eigenvalue weighted by Crippen LogP contribution is -2.48. The fraction of sp³-hybridized carbons (Fsp3) is 1.00. The van der Waals surface area contributed by atoms with Crippen LogP contribution in [0.25, 0.3) is 0 Å². The molecule has 20 heavy (non-hydrogen) atoms. The zero-order valence-corrected chi connectivity index (χ0v) is 12.1. The molecule has 0 saturated carbocycles. The highest BCUT2D eigenvalue weighted by atomic mass is 19.4. The first kappa shape index (κ1) is 16.0. The van der Waals surface area contributed by atoms with E-state index in [1.807, 2.05) is 0 Å². The number of hydrogen-bond donors (Lipinski definition) is 1. The van der Waals surface area contributed by atoms with Crippen LogP contribution >= 0.6 is 0 Å². The van der Waals surface area contributed by atoms with Gasteiger partial charge in [0.2, 0.25) is 0 Å². The molecule has 0 radical (unpaired) electrons. The Morgan fingerprint density at radius 1 is 0.950 bits per heavy atom. The molecule has 2 fully saturated rings. The van der Waals surface area contributed by atoms with Gasteiger partial charge in [-0.1, -0.05) is 6.42 Å². The van der Waals surface area contributed by atoms with Crippen LogP contribution in [0.5, 0.6) is 0 Å². The van der Waals surface area contributed by atoms with E-state index in [1.54, 1.807) is 0 Å². The molecule has 2 aliphatic heterocycles. The minimum Gasteiger partial charge on any atom is -0.307 e. The second kappa shape index (κ2) is 7.61. The SMILES string of the molecule is FC(F)(F)CNCCN1CCC(N2CCCCC2)CC1. The number of nitrogens with zero attached hydrogens (tertiary/aromatic N) is 2. The molecule has 2 saturated heterocycles. The molecule has 0 aromatic heterocycles. The second-order valence-corrected chi connectivity index (χ2v) is 5.96. The third-order valence-electron chi connectivity index (χ3n) is 4.39. The Hall–Kier alpha value is -0.330. The predicted molar refractivity (Wildman–Crippen MR) is 73.8 cm³/mol. The van der Waals surface area contributed by atoms with Crippen LogP contribution in [0.1, 0.15) is 32.1 Å². The number of hydrogen-bond acceptors (Lipinski definition) is 3. The van der Waals surface area contributed by atoms with Gasteiger partial charge in [0.1, 0.15) is 0 Å². The summed E-state index contributed by atoms with van der Waals surface area (Å²) < 4.78 is 36.0. The predicted octanol–water partition coefficient (Wildman–Crippen LogP) is 2.09. The molecule has 0 unspecified atom stereocenters. The smallest absolute Gasteiger partial charge is 0.307 e. The van der Waals surface area contributed by atoms with Crippen molar-refractivity contribution < 1.29 is 13.2 Å². The van der Waals surface area contributed by atoms with Crippen molar-refractivity contribution in [3.8, 4) is 0 Å². The van der Waals surface area contributed by atoms with Gasteiger partial charge in [-0.15, -0.1) is 0 Å². The van der Waals surface area contributed by atoms with Crippen LogP contribution in [0, 0.1) is 0 Å². The quantitative estimate of drug-likeness (QED) is 0.783. The van der Waals surface area contributed by atoms with E-state index in [9.17, 15) is 13.2 Å². The molecule has 0 amide bonds. The lowest BCUT2D eigenvalue weighted by molar-refractivity contribution is -0.124. The molecule has 2 rings (SSSR count). The summed E-state index contributed by atoms with van der Waals surface area (Å²) in [6.07, 6.45) is 2.24. The van der Waals surface area contributed by atoms with Gasteiger partial charge in [0, 0.05) is 19.1 Å². The Kier molecular flexibility index (Phi) is 6.11. The fourth-order valence-corrected chi connectivity index (χ4v) is 3.26. The molecule has 0 aliphatic carbocycles. The maximum atomic E-state index is 12.0. The summed E-state index contributed by atoms with van der Waals surface area (Å²) in [6, 6.07) is 0.703. The van der Waals surface area contributed by atoms with Crippen LogP contribution in [-0.4, -0.2) is 67.8 Å². The maximum Gasteiger partial charge on any atom is 0.401 e. The topological polar surface area (TPSA) is 18.5 Å². The van der Waals surface area contributed by atoms with Gasteiger partial charge in [-0.25, -0.2) is 0 Å². The van der Waals surface area contributed by atoms with Crippen molar-refractivity contribution in [3.63, 3.8) is 0 Å². The first-order valence-corrected chi connectivity index (χ1v) is 7.78. The van der Waals surface area contributed by atoms with Crippen molar-refractivity contribution >= 4 is 0 Å². The van der Waals surface area contributed by atoms with Crippen molar-refractivity contribution in [2.24, 2.45) is 0 Å². The van der Waals surface area contributed by atoms with E-state index in [0.29, 0.717) is 12.6 Å². The summed E-state index contributed by atoms with van der Waals surface area (Å²) in [5.74, 6) is 0. The Morgan fingerprint density at radius 3 is 2.20 bits per heavy atom. The van der Waals surface area contributed by atoms with Crippen LogP contribution in [-0.2, 0) is 0 Å². The first-order valence-electron chi connectivity index (χ1n) is 7.78. The van der Waals surface area contributed by atoms with Gasteiger partial charge in [0.05, 0.1) is 6.54 Å². The minimum atomic E-state index is -4.10. The van der Waals surface area contributed by atoms with E-state index in [2.05, 4.69) is 15.1 Å². The molecule has 0 atom stereocenters. The summed E-state index contributed by atoms with van der Waals surface area (Å²) in [6.45, 7) is 4.78. The highest BCUT2D eigenvalue weighted by Gasteiger charge is 2.27. The summed E-state index contributed by atoms with van der Waals surface area (Å²) in [5, 5.41) is 2.47. The Bertz CT molecular complexity index is 269. The Balaban J connectivity index is 1.57. The first-order chi connectivity index (χ1) is 9.54. The van der Waals surface area contributed by atoms with Gasteiger partial charge in [0.15, 0.2) is 0 Å². The largest absolute Gasteiger partial charge is 0.401 e. The molecular weight excluding hydrogens is 267 g/mol. The summed E-state index contributed by atoms with van der Waals surface area (Å²) in [5.41, 5.74) is 0. The monoisotopic (exact) mass is 293 g/mol. The van der Waals surface area contributed by atoms with Gasteiger partial charge in [0.25, 0.3) is 0 Å². The third kappa shape index (κ3) is 5.58. The number of likely N-dealkylation sites (tertiary alicyclic amines) is 2. The van der Waals surface area contributed by atoms with Crippen molar-refractivity contribution in [3.05, 3.63) is 0 Å². The normalized spacial score (nSPS) is 24.1. The Morgan fingerprint density at radius 2 is 1.60 bits per heavy atom. The molecule has 0 bridgehead atoms. The van der Waals surface area contributed by atoms with Crippen LogP contribution in [0.4, 0.5) is 13.2 Å². The number of rotatable bonds is 5. The van der Waals surface area contributed by atoms with Crippen molar-refractivity contribution in [2.45, 2.75) is 44.3 Å². The number of nitrogens with one attached hydrogen (secondary N) is 1. The summed E-state index contributed by atoms with van der Waals surface area (Å²) in [4.78, 5) is 4.90. The van der Waals surface area contributed by atoms with Crippen LogP contribution in [0.2, 0.25) is 0 Å². The molecule has 3 nitrogen and oxygen atoms in total. The van der Waals surface area contributed by atoms with Gasteiger partial charge in [-0.05, 0) is 51.9 Å². The number of alkyl halides is 3. The van der Waals surface area contributed by atoms with Crippen molar-refractivity contribution in [2.75, 3.05) is 45.8 Å². The van der Waals surface area contributed by atoms with Gasteiger partial charge >= 0.3 is 6.18 Å². The van der Waals surface area contributed by atoms with Crippen molar-refractivity contribution in [1.29, 1.82) is 0 Å². The van der Waals surface area contributed by atoms with Crippen LogP contribution in [0.3, 0.4) is 0 Å². The maximum absolute atomic E-state index is 12.0. The minimum absolute atomic E-state index is 0.424. The molecule has 0 aromatic carbocycles. The Labute approximate surface area is 119 Å². The zero-order valence-electron chi connectivity index (χ0n) is 12.1. The molecule has 0 spiro atoms. The van der Waals surface area contributed by atoms with Gasteiger partial charge < -0.3 is 15.1 Å². The molecule has 2 aliphatic rings. The second-order valence-electron chi connectivity index (χ2n) is 5.96. The third-order valence-corrected chi connectivity index (χ3v) is 4.39. The molecular formula is C14H26F3N3. The van der Waals surface area contributed by atoms with E-state index in [1.165, 1.54) is 45.2 Å². The van der Waals surface area contributed by atoms with E-state index in [4.69, 9.17) is 0 Å². The number of piperidine rings is 2. The van der Waals surface area contributed by atoms with E-state index < -0.39 is 12.7 Å². The highest BCUT2D eigenvalue weighted by Crippen LogP contribution is 2.20. The highest BCUT2D eigenvalue weighted by molar-refractivity contribution is 4.81. The van der Waals surface area contributed by atoms with E-state index in [-0.39, 0.29) is 0 Å². The molecule has 0 aromatic rings. The summed E-state index contributed by atoms with van der Waals surface area (Å²) >= 11 is 0. The lowest BCUT2D eigenvalue weighted by atomic mass is 10.00. The average molecular weight is 293 g/mol. The lowest BCUT2D eigenvalue weighted by Gasteiger charge is -2.40.